The first-order valence-electron chi connectivity index (χ1n) is 13.3. The molecular formula is C29H37ClFN5O5. The minimum atomic E-state index is -0.792. The Balaban J connectivity index is 1.87. The molecule has 0 fully saturated rings. The first-order chi connectivity index (χ1) is 19.3. The molecule has 0 spiro atoms. The Morgan fingerprint density at radius 2 is 1.85 bits per heavy atom. The fourth-order valence-electron chi connectivity index (χ4n) is 3.99. The van der Waals surface area contributed by atoms with Gasteiger partial charge in [0.2, 0.25) is 5.91 Å². The summed E-state index contributed by atoms with van der Waals surface area (Å²) < 4.78 is 24.8. The molecule has 0 radical (unpaired) electrons. The minimum absolute atomic E-state index is 0.0248. The number of ketones is 1. The molecule has 1 aromatic carbocycles. The molecule has 0 aliphatic carbocycles. The number of nitrogens with zero attached hydrogens (tertiary/aromatic N) is 5. The first-order valence-corrected chi connectivity index (χ1v) is 13.7. The maximum atomic E-state index is 13.5. The Hall–Kier alpha value is -3.57. The van der Waals surface area contributed by atoms with E-state index in [2.05, 4.69) is 9.98 Å². The SMILES string of the molecule is CCN(CCN(C)C)C(=O)CN(Cc1nccc2c1N=C(COc1ccc(F)c(Cl)c1)CC2=O)C(=O)OC(C)(C)C. The number of hydrogen-bond donors (Lipinski definition) is 0. The van der Waals surface area contributed by atoms with Gasteiger partial charge in [0.25, 0.3) is 0 Å². The monoisotopic (exact) mass is 589 g/mol. The number of halogens is 2. The van der Waals surface area contributed by atoms with E-state index in [-0.39, 0.29) is 42.8 Å². The lowest BCUT2D eigenvalue weighted by molar-refractivity contribution is -0.132. The summed E-state index contributed by atoms with van der Waals surface area (Å²) in [6.45, 7) is 8.39. The van der Waals surface area contributed by atoms with Crippen LogP contribution in [0, 0.1) is 5.82 Å². The van der Waals surface area contributed by atoms with E-state index in [0.717, 1.165) is 0 Å². The fourth-order valence-corrected chi connectivity index (χ4v) is 4.16. The normalized spacial score (nSPS) is 13.0. The van der Waals surface area contributed by atoms with Crippen molar-refractivity contribution in [3.05, 3.63) is 52.6 Å². The maximum Gasteiger partial charge on any atom is 0.411 e. The number of fused-ring (bicyclic) bond motifs is 1. The zero-order valence-electron chi connectivity index (χ0n) is 24.4. The molecule has 41 heavy (non-hydrogen) atoms. The number of carbonyl (C=O) groups is 3. The van der Waals surface area contributed by atoms with Gasteiger partial charge >= 0.3 is 6.09 Å². The fraction of sp³-hybridized carbons (Fsp3) is 0.483. The van der Waals surface area contributed by atoms with Gasteiger partial charge in [0.15, 0.2) is 5.78 Å². The summed E-state index contributed by atoms with van der Waals surface area (Å²) in [7, 11) is 3.84. The lowest BCUT2D eigenvalue weighted by Crippen LogP contribution is -2.46. The van der Waals surface area contributed by atoms with Crippen LogP contribution in [0.25, 0.3) is 0 Å². The van der Waals surface area contributed by atoms with Gasteiger partial charge in [-0.15, -0.1) is 0 Å². The summed E-state index contributed by atoms with van der Waals surface area (Å²) in [5.74, 6) is -0.665. The summed E-state index contributed by atoms with van der Waals surface area (Å²) in [5.41, 5.74) is 0.644. The largest absolute Gasteiger partial charge is 0.488 e. The highest BCUT2D eigenvalue weighted by molar-refractivity contribution is 6.30. The first kappa shape index (κ1) is 32.0. The highest BCUT2D eigenvalue weighted by Gasteiger charge is 2.29. The molecule has 3 rings (SSSR count). The number of aromatic nitrogens is 1. The Bertz CT molecular complexity index is 1310. The molecule has 1 aliphatic heterocycles. The third-order valence-corrected chi connectivity index (χ3v) is 6.39. The van der Waals surface area contributed by atoms with Crippen molar-refractivity contribution < 1.29 is 28.2 Å². The van der Waals surface area contributed by atoms with Gasteiger partial charge in [-0.1, -0.05) is 11.6 Å². The number of amides is 2. The summed E-state index contributed by atoms with van der Waals surface area (Å²) in [6, 6.07) is 5.54. The number of rotatable bonds is 11. The molecular weight excluding hydrogens is 553 g/mol. The highest BCUT2D eigenvalue weighted by Crippen LogP contribution is 2.30. The number of ether oxygens (including phenoxy) is 2. The predicted octanol–water partition coefficient (Wildman–Crippen LogP) is 4.76. The van der Waals surface area contributed by atoms with Crippen molar-refractivity contribution in [1.82, 2.24) is 19.7 Å². The van der Waals surface area contributed by atoms with Crippen molar-refractivity contribution in [3.8, 4) is 5.75 Å². The van der Waals surface area contributed by atoms with Crippen LogP contribution in [0.1, 0.15) is 50.2 Å². The number of aliphatic imine (C=N–C) groups is 1. The van der Waals surface area contributed by atoms with E-state index in [1.54, 1.807) is 31.7 Å². The van der Waals surface area contributed by atoms with Crippen LogP contribution in [0.4, 0.5) is 14.9 Å². The Morgan fingerprint density at radius 1 is 1.12 bits per heavy atom. The van der Waals surface area contributed by atoms with Crippen LogP contribution in [0.2, 0.25) is 5.02 Å². The predicted molar refractivity (Wildman–Crippen MR) is 155 cm³/mol. The molecule has 2 heterocycles. The molecule has 0 atom stereocenters. The molecule has 0 saturated heterocycles. The van der Waals surface area contributed by atoms with E-state index in [9.17, 15) is 18.8 Å². The van der Waals surface area contributed by atoms with Gasteiger partial charge in [0.05, 0.1) is 35.1 Å². The molecule has 0 bridgehead atoms. The lowest BCUT2D eigenvalue weighted by Gasteiger charge is -2.30. The van der Waals surface area contributed by atoms with Crippen LogP contribution >= 0.6 is 11.6 Å². The molecule has 10 nitrogen and oxygen atoms in total. The van der Waals surface area contributed by atoms with E-state index >= 15 is 0 Å². The molecule has 1 aliphatic rings. The van der Waals surface area contributed by atoms with Crippen LogP contribution in [-0.4, -0.2) is 95.7 Å². The summed E-state index contributed by atoms with van der Waals surface area (Å²) in [5, 5.41) is -0.0823. The third-order valence-electron chi connectivity index (χ3n) is 6.10. The molecule has 0 unspecified atom stereocenters. The van der Waals surface area contributed by atoms with E-state index in [0.29, 0.717) is 48.0 Å². The molecule has 1 aromatic heterocycles. The van der Waals surface area contributed by atoms with Crippen LogP contribution in [-0.2, 0) is 16.1 Å². The molecule has 12 heteroatoms. The number of hydrogen-bond acceptors (Lipinski definition) is 8. The Kier molecular flexibility index (Phi) is 10.8. The van der Waals surface area contributed by atoms with Gasteiger partial charge in [-0.05, 0) is 60.0 Å². The summed E-state index contributed by atoms with van der Waals surface area (Å²) >= 11 is 5.84. The smallest absolute Gasteiger partial charge is 0.411 e. The van der Waals surface area contributed by atoms with Crippen LogP contribution in [0.5, 0.6) is 5.75 Å². The van der Waals surface area contributed by atoms with Gasteiger partial charge in [-0.3, -0.25) is 24.5 Å². The lowest BCUT2D eigenvalue weighted by atomic mass is 10.00. The second-order valence-electron chi connectivity index (χ2n) is 10.9. The quantitative estimate of drug-likeness (QED) is 0.372. The zero-order chi connectivity index (χ0) is 30.3. The topological polar surface area (TPSA) is 105 Å². The maximum absolute atomic E-state index is 13.5. The minimum Gasteiger partial charge on any atom is -0.488 e. The van der Waals surface area contributed by atoms with Crippen molar-refractivity contribution in [2.75, 3.05) is 46.9 Å². The molecule has 2 aromatic rings. The summed E-state index contributed by atoms with van der Waals surface area (Å²) in [4.78, 5) is 53.4. The van der Waals surface area contributed by atoms with E-state index in [1.807, 2.05) is 25.9 Å². The van der Waals surface area contributed by atoms with Crippen LogP contribution in [0.15, 0.2) is 35.5 Å². The number of benzene rings is 1. The van der Waals surface area contributed by atoms with Gasteiger partial charge in [-0.25, -0.2) is 9.18 Å². The zero-order valence-corrected chi connectivity index (χ0v) is 25.1. The van der Waals surface area contributed by atoms with Crippen LogP contribution < -0.4 is 4.74 Å². The number of pyridine rings is 1. The average molecular weight is 590 g/mol. The van der Waals surface area contributed by atoms with Crippen molar-refractivity contribution in [1.29, 1.82) is 0 Å². The van der Waals surface area contributed by atoms with Crippen molar-refractivity contribution in [2.24, 2.45) is 4.99 Å². The number of Topliss-reactive ketones (excluding diaryl/α,β-unsaturated/α-hetero) is 1. The van der Waals surface area contributed by atoms with Crippen molar-refractivity contribution in [2.45, 2.75) is 46.3 Å². The van der Waals surface area contributed by atoms with E-state index in [1.165, 1.54) is 29.3 Å². The summed E-state index contributed by atoms with van der Waals surface area (Å²) in [6.07, 6.45) is 0.822. The molecule has 0 saturated carbocycles. The number of likely N-dealkylation sites (N-methyl/N-ethyl adjacent to an activating group) is 2. The Morgan fingerprint density at radius 3 is 2.49 bits per heavy atom. The second kappa shape index (κ2) is 13.9. The van der Waals surface area contributed by atoms with Gasteiger partial charge in [0.1, 0.15) is 30.3 Å². The van der Waals surface area contributed by atoms with Gasteiger partial charge < -0.3 is 19.3 Å². The van der Waals surface area contributed by atoms with Gasteiger partial charge in [-0.2, -0.15) is 0 Å². The Labute approximate surface area is 245 Å². The van der Waals surface area contributed by atoms with Crippen LogP contribution in [0.3, 0.4) is 0 Å². The standard InChI is InChI=1S/C29H37ClFN5O5/c1-7-35(13-12-34(5)6)26(38)17-36(28(39)41-29(2,3)4)16-24-27-21(10-11-32-24)25(37)14-19(33-27)18-40-20-8-9-23(31)22(30)15-20/h8-11,15H,7,12-14,16-18H2,1-6H3. The molecule has 0 N–H and O–H groups in total. The highest BCUT2D eigenvalue weighted by atomic mass is 35.5. The van der Waals surface area contributed by atoms with Crippen molar-refractivity contribution in [3.63, 3.8) is 0 Å². The molecule has 2 amide bonds. The van der Waals surface area contributed by atoms with Gasteiger partial charge in [0, 0.05) is 37.5 Å². The van der Waals surface area contributed by atoms with E-state index in [4.69, 9.17) is 21.1 Å². The third kappa shape index (κ3) is 9.22. The average Bonchev–Trinajstić information content (AvgIpc) is 2.88. The van der Waals surface area contributed by atoms with E-state index < -0.39 is 17.5 Å². The second-order valence-corrected chi connectivity index (χ2v) is 11.3. The van der Waals surface area contributed by atoms with Crippen molar-refractivity contribution >= 4 is 40.8 Å². The number of carbonyl (C=O) groups excluding carboxylic acids is 3. The molecule has 222 valence electrons.